The lowest BCUT2D eigenvalue weighted by molar-refractivity contribution is 0.0843. The Labute approximate surface area is 153 Å². The number of rotatable bonds is 4. The van der Waals surface area contributed by atoms with Gasteiger partial charge in [-0.05, 0) is 66.0 Å². The van der Waals surface area contributed by atoms with Crippen LogP contribution in [-0.2, 0) is 4.74 Å². The van der Waals surface area contributed by atoms with Crippen LogP contribution in [0.3, 0.4) is 0 Å². The summed E-state index contributed by atoms with van der Waals surface area (Å²) in [6.45, 7) is 0.715. The van der Waals surface area contributed by atoms with Gasteiger partial charge in [0.2, 0.25) is 0 Å². The zero-order valence-corrected chi connectivity index (χ0v) is 15.0. The van der Waals surface area contributed by atoms with Gasteiger partial charge in [-0.15, -0.1) is 0 Å². The van der Waals surface area contributed by atoms with Crippen LogP contribution >= 0.6 is 0 Å². The molecule has 0 bridgehead atoms. The fourth-order valence-electron chi connectivity index (χ4n) is 4.61. The van der Waals surface area contributed by atoms with Crippen LogP contribution in [0.1, 0.15) is 36.0 Å². The Hall–Kier alpha value is -2.40. The molecule has 4 atom stereocenters. The van der Waals surface area contributed by atoms with Gasteiger partial charge in [0.05, 0.1) is 26.9 Å². The first kappa shape index (κ1) is 17.0. The molecule has 0 radical (unpaired) electrons. The Morgan fingerprint density at radius 1 is 0.846 bits per heavy atom. The first-order valence-electron chi connectivity index (χ1n) is 8.97. The van der Waals surface area contributed by atoms with Crippen molar-refractivity contribution in [1.29, 1.82) is 0 Å². The summed E-state index contributed by atoms with van der Waals surface area (Å²) in [5.41, 5.74) is 2.25. The maximum Gasteiger partial charge on any atom is 0.160 e. The summed E-state index contributed by atoms with van der Waals surface area (Å²) in [6, 6.07) is 11.1. The minimum Gasteiger partial charge on any atom is -0.504 e. The Morgan fingerprint density at radius 2 is 1.46 bits per heavy atom. The molecule has 5 heteroatoms. The smallest absolute Gasteiger partial charge is 0.160 e. The Morgan fingerprint density at radius 3 is 2.12 bits per heavy atom. The lowest BCUT2D eigenvalue weighted by atomic mass is 9.83. The van der Waals surface area contributed by atoms with Crippen LogP contribution in [0, 0.1) is 11.8 Å². The van der Waals surface area contributed by atoms with E-state index in [1.165, 1.54) is 5.56 Å². The van der Waals surface area contributed by atoms with Crippen molar-refractivity contribution in [2.24, 2.45) is 11.8 Å². The van der Waals surface area contributed by atoms with Crippen LogP contribution in [0.2, 0.25) is 0 Å². The molecule has 4 unspecified atom stereocenters. The van der Waals surface area contributed by atoms with Gasteiger partial charge in [0.25, 0.3) is 0 Å². The Kier molecular flexibility index (Phi) is 4.41. The van der Waals surface area contributed by atoms with E-state index in [9.17, 15) is 10.2 Å². The largest absolute Gasteiger partial charge is 0.504 e. The third-order valence-corrected chi connectivity index (χ3v) is 5.90. The first-order chi connectivity index (χ1) is 12.6. The van der Waals surface area contributed by atoms with Gasteiger partial charge in [0.1, 0.15) is 0 Å². The standard InChI is InChI=1S/C21H24O5/c1-24-19-9-12(3-7-17(19)22)14-5-6-15-16(14)11-26-21(15)13-4-8-18(23)20(10-13)25-2/h3-4,7-10,14-16,21-23H,5-6,11H2,1-2H3. The monoisotopic (exact) mass is 356 g/mol. The van der Waals surface area contributed by atoms with Crippen molar-refractivity contribution < 1.29 is 24.4 Å². The lowest BCUT2D eigenvalue weighted by Gasteiger charge is -2.20. The van der Waals surface area contributed by atoms with Gasteiger partial charge in [-0.25, -0.2) is 0 Å². The Balaban J connectivity index is 1.58. The number of benzene rings is 2. The van der Waals surface area contributed by atoms with E-state index in [1.54, 1.807) is 26.4 Å². The maximum atomic E-state index is 9.85. The zero-order chi connectivity index (χ0) is 18.3. The summed E-state index contributed by atoms with van der Waals surface area (Å²) in [5.74, 6) is 2.59. The van der Waals surface area contributed by atoms with Gasteiger partial charge >= 0.3 is 0 Å². The van der Waals surface area contributed by atoms with Crippen LogP contribution in [-0.4, -0.2) is 31.0 Å². The topological polar surface area (TPSA) is 68.2 Å². The number of hydrogen-bond acceptors (Lipinski definition) is 5. The predicted molar refractivity (Wildman–Crippen MR) is 97.0 cm³/mol. The molecule has 2 aromatic carbocycles. The molecular formula is C21H24O5. The second-order valence-corrected chi connectivity index (χ2v) is 7.13. The first-order valence-corrected chi connectivity index (χ1v) is 8.97. The summed E-state index contributed by atoms with van der Waals surface area (Å²) >= 11 is 0. The highest BCUT2D eigenvalue weighted by molar-refractivity contribution is 5.44. The molecule has 138 valence electrons. The number of fused-ring (bicyclic) bond motifs is 1. The number of aromatic hydroxyl groups is 2. The number of phenols is 2. The molecule has 2 N–H and O–H groups in total. The summed E-state index contributed by atoms with van der Waals surface area (Å²) in [5, 5.41) is 19.7. The van der Waals surface area contributed by atoms with Crippen molar-refractivity contribution in [3.63, 3.8) is 0 Å². The molecule has 26 heavy (non-hydrogen) atoms. The molecule has 4 rings (SSSR count). The van der Waals surface area contributed by atoms with Crippen LogP contribution in [0.25, 0.3) is 0 Å². The molecule has 2 aromatic rings. The SMILES string of the molecule is COc1cc(C2CCC3C(c4ccc(O)c(OC)c4)OCC23)ccc1O. The highest BCUT2D eigenvalue weighted by Crippen LogP contribution is 2.55. The molecule has 1 heterocycles. The number of phenolic OH excluding ortho intramolecular Hbond substituents is 2. The van der Waals surface area contributed by atoms with Crippen LogP contribution in [0.4, 0.5) is 0 Å². The predicted octanol–water partition coefficient (Wildman–Crippen LogP) is 4.00. The number of hydrogen-bond donors (Lipinski definition) is 2. The molecule has 1 saturated heterocycles. The van der Waals surface area contributed by atoms with E-state index in [2.05, 4.69) is 0 Å². The lowest BCUT2D eigenvalue weighted by Crippen LogP contribution is -2.13. The van der Waals surface area contributed by atoms with E-state index < -0.39 is 0 Å². The van der Waals surface area contributed by atoms with Gasteiger partial charge in [0, 0.05) is 0 Å². The van der Waals surface area contributed by atoms with Gasteiger partial charge in [0.15, 0.2) is 23.0 Å². The molecule has 1 saturated carbocycles. The molecule has 2 fully saturated rings. The fraction of sp³-hybridized carbons (Fsp3) is 0.429. The van der Waals surface area contributed by atoms with Crippen LogP contribution in [0.5, 0.6) is 23.0 Å². The fourth-order valence-corrected chi connectivity index (χ4v) is 4.61. The molecule has 5 nitrogen and oxygen atoms in total. The van der Waals surface area contributed by atoms with Crippen LogP contribution in [0.15, 0.2) is 36.4 Å². The van der Waals surface area contributed by atoms with E-state index in [-0.39, 0.29) is 17.6 Å². The van der Waals surface area contributed by atoms with E-state index >= 15 is 0 Å². The quantitative estimate of drug-likeness (QED) is 0.867. The highest BCUT2D eigenvalue weighted by atomic mass is 16.5. The zero-order valence-electron chi connectivity index (χ0n) is 15.0. The van der Waals surface area contributed by atoms with Gasteiger partial charge in [-0.3, -0.25) is 0 Å². The molecular weight excluding hydrogens is 332 g/mol. The van der Waals surface area contributed by atoms with Gasteiger partial charge in [-0.1, -0.05) is 12.1 Å². The molecule has 1 aliphatic carbocycles. The van der Waals surface area contributed by atoms with Crippen molar-refractivity contribution in [3.8, 4) is 23.0 Å². The molecule has 0 spiro atoms. The summed E-state index contributed by atoms with van der Waals surface area (Å²) < 4.78 is 16.7. The van der Waals surface area contributed by atoms with E-state index in [4.69, 9.17) is 14.2 Å². The minimum absolute atomic E-state index is 0.0264. The van der Waals surface area contributed by atoms with Crippen molar-refractivity contribution in [1.82, 2.24) is 0 Å². The molecule has 0 aromatic heterocycles. The van der Waals surface area contributed by atoms with E-state index in [1.807, 2.05) is 24.3 Å². The third-order valence-electron chi connectivity index (χ3n) is 5.90. The average Bonchev–Trinajstić information content (AvgIpc) is 3.25. The number of ether oxygens (including phenoxy) is 3. The maximum absolute atomic E-state index is 9.85. The van der Waals surface area contributed by atoms with Crippen molar-refractivity contribution in [2.75, 3.05) is 20.8 Å². The second kappa shape index (κ2) is 6.72. The average molecular weight is 356 g/mol. The summed E-state index contributed by atoms with van der Waals surface area (Å²) in [6.07, 6.45) is 2.21. The number of methoxy groups -OCH3 is 2. The Bertz CT molecular complexity index is 735. The van der Waals surface area contributed by atoms with E-state index in [0.717, 1.165) is 18.4 Å². The second-order valence-electron chi connectivity index (χ2n) is 7.13. The molecule has 0 amide bonds. The summed E-state index contributed by atoms with van der Waals surface area (Å²) in [4.78, 5) is 0. The van der Waals surface area contributed by atoms with Gasteiger partial charge in [-0.2, -0.15) is 0 Å². The third kappa shape index (κ3) is 2.76. The van der Waals surface area contributed by atoms with Crippen molar-refractivity contribution in [2.45, 2.75) is 24.9 Å². The van der Waals surface area contributed by atoms with Crippen LogP contribution < -0.4 is 9.47 Å². The molecule has 1 aliphatic heterocycles. The highest BCUT2D eigenvalue weighted by Gasteiger charge is 2.47. The minimum atomic E-state index is 0.0264. The van der Waals surface area contributed by atoms with E-state index in [0.29, 0.717) is 35.9 Å². The normalized spacial score (nSPS) is 27.3. The summed E-state index contributed by atoms with van der Waals surface area (Å²) in [7, 11) is 3.13. The van der Waals surface area contributed by atoms with Gasteiger partial charge < -0.3 is 24.4 Å². The molecule has 2 aliphatic rings. The van der Waals surface area contributed by atoms with Crippen molar-refractivity contribution >= 4 is 0 Å². The van der Waals surface area contributed by atoms with Crippen molar-refractivity contribution in [3.05, 3.63) is 47.5 Å².